The normalized spacial score (nSPS) is 14.5. The van der Waals surface area contributed by atoms with Gasteiger partial charge in [0, 0.05) is 19.3 Å². The Morgan fingerprint density at radius 2 is 0.750 bits per heavy atom. The first-order valence-corrected chi connectivity index (χ1v) is 28.6. The summed E-state index contributed by atoms with van der Waals surface area (Å²) in [6, 6.07) is 0. The van der Waals surface area contributed by atoms with E-state index in [0.29, 0.717) is 19.3 Å². The molecule has 3 atom stereocenters. The van der Waals surface area contributed by atoms with Crippen molar-refractivity contribution >= 4 is 25.7 Å². The van der Waals surface area contributed by atoms with E-state index in [9.17, 15) is 28.9 Å². The monoisotopic (exact) mass is 1020 g/mol. The lowest BCUT2D eigenvalue weighted by molar-refractivity contribution is -0.161. The van der Waals surface area contributed by atoms with Crippen molar-refractivity contribution in [2.24, 2.45) is 0 Å². The van der Waals surface area contributed by atoms with Gasteiger partial charge in [-0.15, -0.1) is 0 Å². The van der Waals surface area contributed by atoms with Gasteiger partial charge in [0.15, 0.2) is 6.10 Å². The Bertz CT molecular complexity index is 1710. The summed E-state index contributed by atoms with van der Waals surface area (Å²) in [7, 11) is -4.78. The maximum Gasteiger partial charge on any atom is 0.472 e. The van der Waals surface area contributed by atoms with Gasteiger partial charge in [-0.2, -0.15) is 0 Å². The Morgan fingerprint density at radius 1 is 0.403 bits per heavy atom. The molecule has 0 radical (unpaired) electrons. The third-order valence-electron chi connectivity index (χ3n) is 10.5. The lowest BCUT2D eigenvalue weighted by Gasteiger charge is -2.21. The number of esters is 3. The molecule has 0 aromatic heterocycles. The van der Waals surface area contributed by atoms with Gasteiger partial charge in [0.25, 0.3) is 0 Å². The van der Waals surface area contributed by atoms with Crippen molar-refractivity contribution in [3.8, 4) is 0 Å². The van der Waals surface area contributed by atoms with Crippen molar-refractivity contribution in [1.29, 1.82) is 0 Å². The number of rotatable bonds is 48. The molecule has 11 nitrogen and oxygen atoms in total. The first-order valence-electron chi connectivity index (χ1n) is 27.1. The maximum absolute atomic E-state index is 12.9. The number of hydrogen-bond donors (Lipinski definition) is 2. The molecule has 12 heteroatoms. The van der Waals surface area contributed by atoms with Crippen LogP contribution in [0.15, 0.2) is 134 Å². The molecule has 0 aromatic rings. The van der Waals surface area contributed by atoms with E-state index in [2.05, 4.69) is 142 Å². The average Bonchev–Trinajstić information content (AvgIpc) is 3.37. The Hall–Kier alpha value is -4.38. The molecule has 2 N–H and O–H groups in total. The van der Waals surface area contributed by atoms with Crippen LogP contribution in [-0.2, 0) is 42.2 Å². The van der Waals surface area contributed by atoms with Crippen molar-refractivity contribution in [3.63, 3.8) is 0 Å². The van der Waals surface area contributed by atoms with Gasteiger partial charge in [-0.25, -0.2) is 4.57 Å². The molecule has 0 bridgehead atoms. The first kappa shape index (κ1) is 67.6. The van der Waals surface area contributed by atoms with E-state index in [4.69, 9.17) is 23.3 Å². The minimum atomic E-state index is -4.78. The molecule has 0 fully saturated rings. The number of aliphatic hydroxyl groups is 1. The zero-order valence-corrected chi connectivity index (χ0v) is 45.5. The van der Waals surface area contributed by atoms with E-state index in [1.54, 1.807) is 0 Å². The number of carbonyl (C=O) groups excluding carboxylic acids is 3. The lowest BCUT2D eigenvalue weighted by atomic mass is 10.1. The van der Waals surface area contributed by atoms with Gasteiger partial charge < -0.3 is 24.2 Å². The quantitative estimate of drug-likeness (QED) is 0.0197. The molecule has 3 unspecified atom stereocenters. The van der Waals surface area contributed by atoms with Crippen LogP contribution < -0.4 is 0 Å². The number of phosphoric acid groups is 1. The van der Waals surface area contributed by atoms with Crippen LogP contribution in [0.2, 0.25) is 0 Å². The van der Waals surface area contributed by atoms with Crippen molar-refractivity contribution in [3.05, 3.63) is 134 Å². The van der Waals surface area contributed by atoms with Crippen LogP contribution in [0.3, 0.4) is 0 Å². The van der Waals surface area contributed by atoms with Crippen molar-refractivity contribution < 1.29 is 52.2 Å². The third kappa shape index (κ3) is 50.6. The molecule has 0 heterocycles. The van der Waals surface area contributed by atoms with Gasteiger partial charge in [-0.05, 0) is 116 Å². The zero-order chi connectivity index (χ0) is 52.7. The lowest BCUT2D eigenvalue weighted by Crippen LogP contribution is -2.30. The summed E-state index contributed by atoms with van der Waals surface area (Å²) in [6.45, 7) is 4.18. The SMILES string of the molecule is CC/C=C\C/C=C\C/C=C\C/C=C\C/C=C\C/C=C\CCC(=O)OCC(COP(=O)(O)OCC(CO)OC(=O)CCCCCCC/C=C\C/C=C\CCC)OC(=O)CCCCC/C=C\C/C=C\C/C=C\CC. The fraction of sp³-hybridized carbons (Fsp3) is 0.583. The minimum absolute atomic E-state index is 0.0864. The molecule has 406 valence electrons. The van der Waals surface area contributed by atoms with E-state index < -0.39 is 64.4 Å². The number of hydrogen-bond acceptors (Lipinski definition) is 10. The molecule has 0 amide bonds. The highest BCUT2D eigenvalue weighted by Crippen LogP contribution is 2.43. The predicted molar refractivity (Wildman–Crippen MR) is 297 cm³/mol. The van der Waals surface area contributed by atoms with Crippen molar-refractivity contribution in [2.45, 2.75) is 200 Å². The Labute approximate surface area is 436 Å². The van der Waals surface area contributed by atoms with Gasteiger partial charge in [0.05, 0.1) is 19.8 Å². The highest BCUT2D eigenvalue weighted by atomic mass is 31.2. The molecule has 0 aliphatic carbocycles. The van der Waals surface area contributed by atoms with E-state index >= 15 is 0 Å². The largest absolute Gasteiger partial charge is 0.472 e. The third-order valence-corrected chi connectivity index (χ3v) is 11.5. The number of ether oxygens (including phenoxy) is 3. The van der Waals surface area contributed by atoms with Gasteiger partial charge in [-0.3, -0.25) is 23.4 Å². The Balaban J connectivity index is 4.89. The molecule has 0 saturated carbocycles. The molecular formula is C60H95O11P. The number of phosphoric ester groups is 1. The summed E-state index contributed by atoms with van der Waals surface area (Å²) < 4.78 is 39.3. The first-order chi connectivity index (χ1) is 35.2. The molecular weight excluding hydrogens is 928 g/mol. The summed E-state index contributed by atoms with van der Waals surface area (Å²) in [4.78, 5) is 48.4. The topological polar surface area (TPSA) is 155 Å². The van der Waals surface area contributed by atoms with Crippen molar-refractivity contribution in [2.75, 3.05) is 26.4 Å². The van der Waals surface area contributed by atoms with E-state index in [-0.39, 0.29) is 19.3 Å². The summed E-state index contributed by atoms with van der Waals surface area (Å²) in [6.07, 6.45) is 65.8. The molecule has 0 rings (SSSR count). The molecule has 0 aromatic carbocycles. The second-order valence-electron chi connectivity index (χ2n) is 17.3. The molecule has 0 saturated heterocycles. The van der Waals surface area contributed by atoms with Crippen LogP contribution in [0.25, 0.3) is 0 Å². The Kier molecular flexibility index (Phi) is 49.7. The molecule has 0 aliphatic heterocycles. The molecule has 72 heavy (non-hydrogen) atoms. The second-order valence-corrected chi connectivity index (χ2v) is 18.7. The summed E-state index contributed by atoms with van der Waals surface area (Å²) in [5, 5.41) is 9.78. The second kappa shape index (κ2) is 52.9. The minimum Gasteiger partial charge on any atom is -0.462 e. The standard InChI is InChI=1S/C60H95O11P/c1-4-7-10-13-16-19-22-25-26-27-28-29-30-33-34-37-40-43-46-49-58(62)67-53-57(71-60(64)51-48-45-42-39-36-32-24-21-18-15-12-9-6-3)55-69-72(65,66)68-54-56(52-61)70-59(63)50-47-44-41-38-35-31-23-20-17-14-11-8-5-2/h7,9-12,14,16,18-21,23,25-26,28-29,32-34,36,40,43,56-57,61H,4-6,8,13,15,17,22,24,27,30-31,35,37-39,41-42,44-55H2,1-3H3,(H,65,66)/b10-7-,12-9-,14-11-,19-16-,21-18-,23-20-,26-25-,29-28-,34-33-,36-32-,43-40-. The fourth-order valence-corrected chi connectivity index (χ4v) is 7.27. The van der Waals surface area contributed by atoms with E-state index in [1.807, 2.05) is 12.2 Å². The van der Waals surface area contributed by atoms with Crippen LogP contribution in [-0.4, -0.2) is 66.5 Å². The number of unbranched alkanes of at least 4 members (excludes halogenated alkanes) is 9. The van der Waals surface area contributed by atoms with Crippen LogP contribution in [0.4, 0.5) is 0 Å². The smallest absolute Gasteiger partial charge is 0.462 e. The average molecular weight is 1020 g/mol. The number of carbonyl (C=O) groups is 3. The summed E-state index contributed by atoms with van der Waals surface area (Å²) in [5.41, 5.74) is 0. The zero-order valence-electron chi connectivity index (χ0n) is 44.6. The maximum atomic E-state index is 12.9. The van der Waals surface area contributed by atoms with E-state index in [1.165, 1.54) is 0 Å². The van der Waals surface area contributed by atoms with Crippen LogP contribution in [0.1, 0.15) is 188 Å². The Morgan fingerprint density at radius 3 is 1.18 bits per heavy atom. The van der Waals surface area contributed by atoms with Crippen molar-refractivity contribution in [1.82, 2.24) is 0 Å². The highest BCUT2D eigenvalue weighted by molar-refractivity contribution is 7.47. The number of allylic oxidation sites excluding steroid dienone is 22. The fourth-order valence-electron chi connectivity index (χ4n) is 6.49. The van der Waals surface area contributed by atoms with Gasteiger partial charge in [0.1, 0.15) is 12.7 Å². The highest BCUT2D eigenvalue weighted by Gasteiger charge is 2.28. The van der Waals surface area contributed by atoms with E-state index in [0.717, 1.165) is 128 Å². The van der Waals surface area contributed by atoms with Gasteiger partial charge in [-0.1, -0.05) is 187 Å². The summed E-state index contributed by atoms with van der Waals surface area (Å²) >= 11 is 0. The molecule has 0 spiro atoms. The summed E-state index contributed by atoms with van der Waals surface area (Å²) in [5.74, 6) is -1.64. The van der Waals surface area contributed by atoms with Gasteiger partial charge >= 0.3 is 25.7 Å². The van der Waals surface area contributed by atoms with Gasteiger partial charge in [0.2, 0.25) is 0 Å². The van der Waals surface area contributed by atoms with Crippen LogP contribution in [0.5, 0.6) is 0 Å². The predicted octanol–water partition coefficient (Wildman–Crippen LogP) is 15.8. The number of aliphatic hydroxyl groups excluding tert-OH is 1. The van der Waals surface area contributed by atoms with Crippen LogP contribution >= 0.6 is 7.82 Å². The molecule has 0 aliphatic rings. The van der Waals surface area contributed by atoms with Crippen LogP contribution in [0, 0.1) is 0 Å².